The molecule has 0 spiro atoms. The molecule has 0 aromatic heterocycles. The fraction of sp³-hybridized carbons (Fsp3) is 0.188. The summed E-state index contributed by atoms with van der Waals surface area (Å²) >= 11 is 3.07. The Kier molecular flexibility index (Phi) is 4.41. The Morgan fingerprint density at radius 3 is 2.50 bits per heavy atom. The molecule has 0 saturated heterocycles. The fourth-order valence-corrected chi connectivity index (χ4v) is 2.28. The highest BCUT2D eigenvalue weighted by Crippen LogP contribution is 2.34. The molecule has 2 rings (SSSR count). The Morgan fingerprint density at radius 2 is 1.85 bits per heavy atom. The maximum Gasteiger partial charge on any atom is 0.181 e. The molecule has 0 heterocycles. The van der Waals surface area contributed by atoms with Crippen LogP contribution in [0.25, 0.3) is 0 Å². The number of halogens is 2. The molecule has 20 heavy (non-hydrogen) atoms. The van der Waals surface area contributed by atoms with Crippen LogP contribution >= 0.6 is 15.9 Å². The number of nitriles is 1. The van der Waals surface area contributed by atoms with Gasteiger partial charge < -0.3 is 4.74 Å². The van der Waals surface area contributed by atoms with Crippen LogP contribution in [0.1, 0.15) is 30.9 Å². The summed E-state index contributed by atoms with van der Waals surface area (Å²) in [7, 11) is 0. The monoisotopic (exact) mass is 333 g/mol. The highest BCUT2D eigenvalue weighted by molar-refractivity contribution is 9.10. The van der Waals surface area contributed by atoms with Crippen molar-refractivity contribution in [3.05, 3.63) is 57.8 Å². The van der Waals surface area contributed by atoms with E-state index in [2.05, 4.69) is 15.9 Å². The van der Waals surface area contributed by atoms with E-state index < -0.39 is 5.82 Å². The van der Waals surface area contributed by atoms with Crippen LogP contribution in [0.15, 0.2) is 40.9 Å². The van der Waals surface area contributed by atoms with Crippen molar-refractivity contribution in [3.63, 3.8) is 0 Å². The molecule has 0 atom stereocenters. The van der Waals surface area contributed by atoms with Gasteiger partial charge in [-0.2, -0.15) is 5.26 Å². The van der Waals surface area contributed by atoms with Gasteiger partial charge in [-0.3, -0.25) is 0 Å². The van der Waals surface area contributed by atoms with Gasteiger partial charge in [0.15, 0.2) is 11.6 Å². The Labute approximate surface area is 125 Å². The molecule has 4 heteroatoms. The first-order valence-corrected chi connectivity index (χ1v) is 6.98. The summed E-state index contributed by atoms with van der Waals surface area (Å²) in [6, 6.07) is 12.4. The Balaban J connectivity index is 2.42. The van der Waals surface area contributed by atoms with E-state index in [4.69, 9.17) is 10.00 Å². The summed E-state index contributed by atoms with van der Waals surface area (Å²) in [5, 5.41) is 8.85. The molecular weight excluding hydrogens is 321 g/mol. The second-order valence-corrected chi connectivity index (χ2v) is 5.44. The Bertz CT molecular complexity index is 677. The summed E-state index contributed by atoms with van der Waals surface area (Å²) in [5.41, 5.74) is 1.25. The second kappa shape index (κ2) is 6.06. The van der Waals surface area contributed by atoms with Crippen molar-refractivity contribution < 1.29 is 9.13 Å². The van der Waals surface area contributed by atoms with Gasteiger partial charge in [0.1, 0.15) is 11.8 Å². The third-order valence-corrected chi connectivity index (χ3v) is 3.70. The van der Waals surface area contributed by atoms with Crippen LogP contribution in [0.4, 0.5) is 4.39 Å². The number of benzene rings is 2. The van der Waals surface area contributed by atoms with E-state index >= 15 is 0 Å². The van der Waals surface area contributed by atoms with Crippen LogP contribution in [0.3, 0.4) is 0 Å². The first kappa shape index (κ1) is 14.5. The normalized spacial score (nSPS) is 10.4. The SMILES string of the molecule is CC(C)c1ccccc1Oc1ccc(C#N)c(Br)c1F. The molecule has 0 N–H and O–H groups in total. The van der Waals surface area contributed by atoms with Crippen LogP contribution in [-0.2, 0) is 0 Å². The van der Waals surface area contributed by atoms with E-state index in [1.807, 2.05) is 38.1 Å². The average molecular weight is 334 g/mol. The van der Waals surface area contributed by atoms with Gasteiger partial charge in [0.25, 0.3) is 0 Å². The van der Waals surface area contributed by atoms with Crippen molar-refractivity contribution >= 4 is 15.9 Å². The van der Waals surface area contributed by atoms with Crippen LogP contribution in [-0.4, -0.2) is 0 Å². The summed E-state index contributed by atoms with van der Waals surface area (Å²) in [5.74, 6) is 0.431. The first-order chi connectivity index (χ1) is 9.54. The van der Waals surface area contributed by atoms with E-state index in [0.29, 0.717) is 5.75 Å². The predicted octanol–water partition coefficient (Wildman–Crippen LogP) is 5.38. The van der Waals surface area contributed by atoms with E-state index in [9.17, 15) is 4.39 Å². The number of para-hydroxylation sites is 1. The Morgan fingerprint density at radius 1 is 1.15 bits per heavy atom. The minimum absolute atomic E-state index is 0.101. The van der Waals surface area contributed by atoms with Crippen molar-refractivity contribution in [1.82, 2.24) is 0 Å². The van der Waals surface area contributed by atoms with E-state index in [1.165, 1.54) is 12.1 Å². The van der Waals surface area contributed by atoms with Crippen molar-refractivity contribution in [3.8, 4) is 17.6 Å². The zero-order valence-electron chi connectivity index (χ0n) is 11.2. The minimum Gasteiger partial charge on any atom is -0.454 e. The van der Waals surface area contributed by atoms with E-state index in [0.717, 1.165) is 5.56 Å². The van der Waals surface area contributed by atoms with Gasteiger partial charge in [-0.15, -0.1) is 0 Å². The molecule has 0 unspecified atom stereocenters. The molecule has 2 nitrogen and oxygen atoms in total. The molecular formula is C16H13BrFNO. The van der Waals surface area contributed by atoms with Gasteiger partial charge in [0, 0.05) is 0 Å². The molecule has 102 valence electrons. The smallest absolute Gasteiger partial charge is 0.181 e. The zero-order valence-corrected chi connectivity index (χ0v) is 12.7. The number of rotatable bonds is 3. The largest absolute Gasteiger partial charge is 0.454 e. The summed E-state index contributed by atoms with van der Waals surface area (Å²) in [4.78, 5) is 0. The third-order valence-electron chi connectivity index (χ3n) is 2.93. The third kappa shape index (κ3) is 2.83. The fourth-order valence-electron chi connectivity index (χ4n) is 1.87. The van der Waals surface area contributed by atoms with Gasteiger partial charge in [-0.25, -0.2) is 4.39 Å². The molecule has 0 fully saturated rings. The van der Waals surface area contributed by atoms with E-state index in [-0.39, 0.29) is 21.7 Å². The number of ether oxygens (including phenoxy) is 1. The van der Waals surface area contributed by atoms with Crippen LogP contribution in [0.2, 0.25) is 0 Å². The molecule has 0 radical (unpaired) electrons. The molecule has 0 aliphatic heterocycles. The van der Waals surface area contributed by atoms with Crippen molar-refractivity contribution in [2.75, 3.05) is 0 Å². The number of hydrogen-bond acceptors (Lipinski definition) is 2. The molecule has 0 aliphatic carbocycles. The quantitative estimate of drug-likeness (QED) is 0.755. The summed E-state index contributed by atoms with van der Waals surface area (Å²) in [6.45, 7) is 4.10. The lowest BCUT2D eigenvalue weighted by Crippen LogP contribution is -1.96. The number of nitrogens with zero attached hydrogens (tertiary/aromatic N) is 1. The highest BCUT2D eigenvalue weighted by Gasteiger charge is 2.15. The lowest BCUT2D eigenvalue weighted by molar-refractivity contribution is 0.434. The standard InChI is InChI=1S/C16H13BrFNO/c1-10(2)12-5-3-4-6-13(12)20-14-8-7-11(9-19)15(17)16(14)18/h3-8,10H,1-2H3. The van der Waals surface area contributed by atoms with Crippen LogP contribution in [0.5, 0.6) is 11.5 Å². The molecule has 2 aromatic carbocycles. The molecule has 2 aromatic rings. The van der Waals surface area contributed by atoms with Crippen LogP contribution in [0, 0.1) is 17.1 Å². The minimum atomic E-state index is -0.567. The number of hydrogen-bond donors (Lipinski definition) is 0. The molecule has 0 amide bonds. The molecule has 0 bridgehead atoms. The maximum absolute atomic E-state index is 14.1. The van der Waals surface area contributed by atoms with Gasteiger partial charge >= 0.3 is 0 Å². The molecule has 0 aliphatic rings. The van der Waals surface area contributed by atoms with Gasteiger partial charge in [0.2, 0.25) is 0 Å². The van der Waals surface area contributed by atoms with Gasteiger partial charge in [-0.05, 0) is 45.6 Å². The average Bonchev–Trinajstić information content (AvgIpc) is 2.44. The van der Waals surface area contributed by atoms with Gasteiger partial charge in [-0.1, -0.05) is 32.0 Å². The van der Waals surface area contributed by atoms with Crippen LogP contribution < -0.4 is 4.74 Å². The first-order valence-electron chi connectivity index (χ1n) is 6.19. The Hall–Kier alpha value is -1.86. The highest BCUT2D eigenvalue weighted by atomic mass is 79.9. The van der Waals surface area contributed by atoms with Crippen molar-refractivity contribution in [2.24, 2.45) is 0 Å². The van der Waals surface area contributed by atoms with Crippen molar-refractivity contribution in [2.45, 2.75) is 19.8 Å². The van der Waals surface area contributed by atoms with Gasteiger partial charge in [0.05, 0.1) is 10.0 Å². The second-order valence-electron chi connectivity index (χ2n) is 4.65. The topological polar surface area (TPSA) is 33.0 Å². The maximum atomic E-state index is 14.1. The zero-order chi connectivity index (χ0) is 14.7. The lowest BCUT2D eigenvalue weighted by Gasteiger charge is -2.14. The van der Waals surface area contributed by atoms with E-state index in [1.54, 1.807) is 6.07 Å². The summed E-state index contributed by atoms with van der Waals surface area (Å²) < 4.78 is 19.9. The molecule has 0 saturated carbocycles. The predicted molar refractivity (Wildman–Crippen MR) is 79.4 cm³/mol. The summed E-state index contributed by atoms with van der Waals surface area (Å²) in [6.07, 6.45) is 0. The lowest BCUT2D eigenvalue weighted by atomic mass is 10.0. The van der Waals surface area contributed by atoms with Crippen molar-refractivity contribution in [1.29, 1.82) is 5.26 Å².